The summed E-state index contributed by atoms with van der Waals surface area (Å²) in [6, 6.07) is 13.9. The van der Waals surface area contributed by atoms with Crippen LogP contribution in [0, 0.1) is 6.92 Å². The fraction of sp³-hybridized carbons (Fsp3) is 0.200. The molecule has 2 heterocycles. The number of ketones is 1. The van der Waals surface area contributed by atoms with Gasteiger partial charge in [-0.05, 0) is 37.6 Å². The summed E-state index contributed by atoms with van der Waals surface area (Å²) in [5.41, 5.74) is 6.89. The van der Waals surface area contributed by atoms with E-state index in [1.54, 1.807) is 42.5 Å². The molecule has 2 aromatic carbocycles. The highest BCUT2D eigenvalue weighted by molar-refractivity contribution is 7.15. The Hall–Kier alpha value is -3.69. The Balaban J connectivity index is 1.77. The van der Waals surface area contributed by atoms with Crippen molar-refractivity contribution in [2.75, 3.05) is 7.11 Å². The van der Waals surface area contributed by atoms with Crippen molar-refractivity contribution in [3.8, 4) is 16.5 Å². The quantitative estimate of drug-likeness (QED) is 0.329. The summed E-state index contributed by atoms with van der Waals surface area (Å²) in [4.78, 5) is 25.7. The molecule has 0 fully saturated rings. The first-order valence-electron chi connectivity index (χ1n) is 10.8. The number of thiophene rings is 1. The van der Waals surface area contributed by atoms with Crippen LogP contribution in [0.1, 0.15) is 44.9 Å². The van der Waals surface area contributed by atoms with Crippen LogP contribution >= 0.6 is 22.9 Å². The Morgan fingerprint density at radius 1 is 1.11 bits per heavy atom. The number of carbonyl (C=O) groups is 2. The molecule has 4 aromatic rings. The molecule has 0 radical (unpaired) electrons. The second kappa shape index (κ2) is 10.3. The maximum Gasteiger partial charge on any atom is 0.409 e. The fourth-order valence-electron chi connectivity index (χ4n) is 3.73. The van der Waals surface area contributed by atoms with Gasteiger partial charge in [-0.15, -0.1) is 21.5 Å². The molecule has 0 bridgehead atoms. The minimum absolute atomic E-state index is 0.161. The van der Waals surface area contributed by atoms with Gasteiger partial charge in [0.15, 0.2) is 5.78 Å². The number of benzene rings is 2. The Labute approximate surface area is 211 Å². The third-order valence-corrected chi connectivity index (χ3v) is 6.99. The van der Waals surface area contributed by atoms with E-state index < -0.39 is 6.09 Å². The van der Waals surface area contributed by atoms with Gasteiger partial charge in [-0.3, -0.25) is 9.36 Å². The molecule has 2 N–H and O–H groups in total. The summed E-state index contributed by atoms with van der Waals surface area (Å²) in [6.07, 6.45) is 0.231. The summed E-state index contributed by atoms with van der Waals surface area (Å²) in [5, 5.41) is 9.80. The lowest BCUT2D eigenvalue weighted by Gasteiger charge is -2.12. The van der Waals surface area contributed by atoms with Crippen LogP contribution in [0.4, 0.5) is 4.79 Å². The standard InChI is InChI=1S/C25H23ClN4O4S/c1-4-17-13-19(23(31)18-7-5-6-8-20(18)26)24(35-17)30-14(2)28-29-22(30)11-15-9-10-16(34-25(27)32)12-21(15)33-3/h5-10,12-13H,4,11H2,1-3H3,(H2,27,32). The van der Waals surface area contributed by atoms with Crippen LogP contribution in [0.3, 0.4) is 0 Å². The molecule has 0 unspecified atom stereocenters. The van der Waals surface area contributed by atoms with E-state index in [1.807, 2.05) is 24.5 Å². The molecule has 2 aromatic heterocycles. The SMILES string of the molecule is CCc1cc(C(=O)c2ccccc2Cl)c(-n2c(C)nnc2Cc2ccc(OC(N)=O)cc2OC)s1. The summed E-state index contributed by atoms with van der Waals surface area (Å²) >= 11 is 7.85. The van der Waals surface area contributed by atoms with E-state index in [2.05, 4.69) is 10.2 Å². The first-order chi connectivity index (χ1) is 16.8. The number of aryl methyl sites for hydroxylation is 2. The van der Waals surface area contributed by atoms with E-state index in [-0.39, 0.29) is 11.5 Å². The molecule has 1 amide bonds. The summed E-state index contributed by atoms with van der Waals surface area (Å²) in [7, 11) is 1.52. The average Bonchev–Trinajstić information content (AvgIpc) is 3.42. The smallest absolute Gasteiger partial charge is 0.409 e. The highest BCUT2D eigenvalue weighted by atomic mass is 35.5. The van der Waals surface area contributed by atoms with Crippen molar-refractivity contribution in [1.29, 1.82) is 0 Å². The van der Waals surface area contributed by atoms with Gasteiger partial charge in [0.2, 0.25) is 0 Å². The van der Waals surface area contributed by atoms with Crippen LogP contribution in [0.5, 0.6) is 11.5 Å². The summed E-state index contributed by atoms with van der Waals surface area (Å²) in [6.45, 7) is 3.88. The van der Waals surface area contributed by atoms with Crippen LogP contribution in [-0.4, -0.2) is 33.8 Å². The first-order valence-corrected chi connectivity index (χ1v) is 12.0. The molecule has 10 heteroatoms. The predicted octanol–water partition coefficient (Wildman–Crippen LogP) is 5.14. The maximum absolute atomic E-state index is 13.5. The monoisotopic (exact) mass is 510 g/mol. The fourth-order valence-corrected chi connectivity index (χ4v) is 5.11. The third-order valence-electron chi connectivity index (χ3n) is 5.40. The molecule has 0 atom stereocenters. The number of nitrogens with two attached hydrogens (primary N) is 1. The molecular weight excluding hydrogens is 488 g/mol. The van der Waals surface area contributed by atoms with E-state index in [1.165, 1.54) is 18.4 Å². The van der Waals surface area contributed by atoms with Gasteiger partial charge in [-0.2, -0.15) is 0 Å². The van der Waals surface area contributed by atoms with E-state index in [0.29, 0.717) is 40.0 Å². The molecule has 180 valence electrons. The molecule has 0 saturated heterocycles. The number of carbonyl (C=O) groups excluding carboxylic acids is 2. The van der Waals surface area contributed by atoms with Crippen LogP contribution in [0.15, 0.2) is 48.5 Å². The second-order valence-corrected chi connectivity index (χ2v) is 9.19. The minimum atomic E-state index is -0.907. The van der Waals surface area contributed by atoms with Gasteiger partial charge in [0.05, 0.1) is 17.7 Å². The lowest BCUT2D eigenvalue weighted by molar-refractivity contribution is 0.103. The number of primary amides is 1. The van der Waals surface area contributed by atoms with Crippen molar-refractivity contribution in [2.24, 2.45) is 5.73 Å². The number of amides is 1. The molecule has 0 aliphatic heterocycles. The highest BCUT2D eigenvalue weighted by Gasteiger charge is 2.24. The zero-order chi connectivity index (χ0) is 25.1. The van der Waals surface area contributed by atoms with Crippen LogP contribution < -0.4 is 15.2 Å². The molecule has 35 heavy (non-hydrogen) atoms. The molecular formula is C25H23ClN4O4S. The maximum atomic E-state index is 13.5. The number of halogens is 1. The number of rotatable bonds is 8. The molecule has 4 rings (SSSR count). The van der Waals surface area contributed by atoms with Crippen LogP contribution in [-0.2, 0) is 12.8 Å². The van der Waals surface area contributed by atoms with Crippen molar-refractivity contribution in [3.63, 3.8) is 0 Å². The average molecular weight is 511 g/mol. The molecule has 0 aliphatic carbocycles. The van der Waals surface area contributed by atoms with E-state index >= 15 is 0 Å². The lowest BCUT2D eigenvalue weighted by atomic mass is 10.0. The zero-order valence-corrected chi connectivity index (χ0v) is 20.9. The van der Waals surface area contributed by atoms with Crippen LogP contribution in [0.25, 0.3) is 5.00 Å². The van der Waals surface area contributed by atoms with Crippen molar-refractivity contribution in [2.45, 2.75) is 26.7 Å². The van der Waals surface area contributed by atoms with Gasteiger partial charge in [0, 0.05) is 28.5 Å². The largest absolute Gasteiger partial charge is 0.496 e. The Morgan fingerprint density at radius 3 is 2.57 bits per heavy atom. The molecule has 0 aliphatic rings. The Kier molecular flexibility index (Phi) is 7.18. The van der Waals surface area contributed by atoms with E-state index in [4.69, 9.17) is 26.8 Å². The van der Waals surface area contributed by atoms with Gasteiger partial charge in [0.1, 0.15) is 28.1 Å². The first kappa shape index (κ1) is 24.4. The Bertz CT molecular complexity index is 1410. The van der Waals surface area contributed by atoms with Crippen molar-refractivity contribution >= 4 is 34.8 Å². The predicted molar refractivity (Wildman–Crippen MR) is 134 cm³/mol. The Morgan fingerprint density at radius 2 is 1.89 bits per heavy atom. The number of methoxy groups -OCH3 is 1. The number of nitrogens with zero attached hydrogens (tertiary/aromatic N) is 3. The number of hydrogen-bond donors (Lipinski definition) is 1. The van der Waals surface area contributed by atoms with Crippen LogP contribution in [0.2, 0.25) is 5.02 Å². The molecule has 0 saturated carbocycles. The second-order valence-electron chi connectivity index (χ2n) is 7.66. The molecule has 8 nitrogen and oxygen atoms in total. The topological polar surface area (TPSA) is 109 Å². The molecule has 0 spiro atoms. The minimum Gasteiger partial charge on any atom is -0.496 e. The normalized spacial score (nSPS) is 10.9. The van der Waals surface area contributed by atoms with Gasteiger partial charge < -0.3 is 15.2 Å². The van der Waals surface area contributed by atoms with E-state index in [0.717, 1.165) is 21.9 Å². The summed E-state index contributed by atoms with van der Waals surface area (Å²) in [5.74, 6) is 1.89. The highest BCUT2D eigenvalue weighted by Crippen LogP contribution is 2.33. The van der Waals surface area contributed by atoms with Crippen molar-refractivity contribution in [3.05, 3.63) is 86.8 Å². The zero-order valence-electron chi connectivity index (χ0n) is 19.4. The summed E-state index contributed by atoms with van der Waals surface area (Å²) < 4.78 is 12.3. The number of ether oxygens (including phenoxy) is 2. The lowest BCUT2D eigenvalue weighted by Crippen LogP contribution is -2.16. The van der Waals surface area contributed by atoms with E-state index in [9.17, 15) is 9.59 Å². The van der Waals surface area contributed by atoms with Gasteiger partial charge >= 0.3 is 6.09 Å². The van der Waals surface area contributed by atoms with Gasteiger partial charge in [-0.1, -0.05) is 36.7 Å². The number of hydrogen-bond acceptors (Lipinski definition) is 7. The number of aromatic nitrogens is 3. The third kappa shape index (κ3) is 5.06. The van der Waals surface area contributed by atoms with Gasteiger partial charge in [-0.25, -0.2) is 4.79 Å². The van der Waals surface area contributed by atoms with Crippen molar-refractivity contribution in [1.82, 2.24) is 14.8 Å². The van der Waals surface area contributed by atoms with Crippen molar-refractivity contribution < 1.29 is 19.1 Å². The van der Waals surface area contributed by atoms with Gasteiger partial charge in [0.25, 0.3) is 0 Å².